The van der Waals surface area contributed by atoms with Crippen LogP contribution in [-0.2, 0) is 11.3 Å². The normalized spacial score (nSPS) is 12.6. The summed E-state index contributed by atoms with van der Waals surface area (Å²) in [6.45, 7) is 6.54. The lowest BCUT2D eigenvalue weighted by Crippen LogP contribution is -2.42. The van der Waals surface area contributed by atoms with Crippen LogP contribution in [0.3, 0.4) is 0 Å². The van der Waals surface area contributed by atoms with Crippen LogP contribution in [0.2, 0.25) is 0 Å². The highest BCUT2D eigenvalue weighted by Gasteiger charge is 2.26. The summed E-state index contributed by atoms with van der Waals surface area (Å²) >= 11 is 1.17. The van der Waals surface area contributed by atoms with E-state index in [0.29, 0.717) is 5.16 Å². The van der Waals surface area contributed by atoms with Crippen LogP contribution in [0.4, 0.5) is 4.79 Å². The van der Waals surface area contributed by atoms with Crippen molar-refractivity contribution >= 4 is 45.8 Å². The van der Waals surface area contributed by atoms with Crippen LogP contribution in [-0.4, -0.2) is 36.9 Å². The Morgan fingerprint density at radius 3 is 2.65 bits per heavy atom. The van der Waals surface area contributed by atoms with E-state index < -0.39 is 17.2 Å². The Morgan fingerprint density at radius 2 is 2.00 bits per heavy atom. The molecule has 0 unspecified atom stereocenters. The van der Waals surface area contributed by atoms with Crippen LogP contribution < -0.4 is 11.1 Å². The summed E-state index contributed by atoms with van der Waals surface area (Å²) in [7, 11) is 0. The van der Waals surface area contributed by atoms with Crippen LogP contribution in [0, 0.1) is 5.92 Å². The van der Waals surface area contributed by atoms with Gasteiger partial charge in [-0.1, -0.05) is 43.8 Å². The molecule has 2 heterocycles. The number of thioether (sulfide) groups is 1. The van der Waals surface area contributed by atoms with Crippen LogP contribution in [0.15, 0.2) is 29.4 Å². The summed E-state index contributed by atoms with van der Waals surface area (Å²) < 4.78 is 2.07. The zero-order valence-corrected chi connectivity index (χ0v) is 15.6. The van der Waals surface area contributed by atoms with E-state index in [4.69, 9.17) is 5.73 Å². The second kappa shape index (κ2) is 7.28. The minimum atomic E-state index is -0.873. The van der Waals surface area contributed by atoms with E-state index in [2.05, 4.69) is 25.1 Å². The summed E-state index contributed by atoms with van der Waals surface area (Å²) in [5, 5.41) is 11.5. The molecule has 0 bridgehead atoms. The largest absolute Gasteiger partial charge is 0.351 e. The summed E-state index contributed by atoms with van der Waals surface area (Å²) in [5.74, 6) is -0.507. The maximum absolute atomic E-state index is 12.2. The monoisotopic (exact) mass is 372 g/mol. The number of rotatable bonds is 5. The molecule has 3 N–H and O–H groups in total. The number of carbonyl (C=O) groups is 2. The lowest BCUT2D eigenvalue weighted by Gasteiger charge is -2.17. The number of primary amides is 1. The van der Waals surface area contributed by atoms with Crippen LogP contribution in [0.5, 0.6) is 0 Å². The number of urea groups is 1. The number of imide groups is 1. The van der Waals surface area contributed by atoms with Crippen molar-refractivity contribution in [2.24, 2.45) is 11.7 Å². The molecule has 2 aromatic heterocycles. The molecular weight excluding hydrogens is 352 g/mol. The maximum Gasteiger partial charge on any atom is 0.318 e. The van der Waals surface area contributed by atoms with Crippen molar-refractivity contribution in [1.29, 1.82) is 0 Å². The molecule has 0 spiro atoms. The number of amides is 3. The van der Waals surface area contributed by atoms with Crippen LogP contribution in [0.1, 0.15) is 20.8 Å². The number of fused-ring (bicyclic) bond motifs is 3. The van der Waals surface area contributed by atoms with Crippen LogP contribution in [0.25, 0.3) is 22.1 Å². The molecule has 1 atom stereocenters. The molecule has 0 saturated heterocycles. The first kappa shape index (κ1) is 18.1. The molecule has 0 aliphatic heterocycles. The average molecular weight is 372 g/mol. The Morgan fingerprint density at radius 1 is 1.27 bits per heavy atom. The van der Waals surface area contributed by atoms with E-state index in [9.17, 15) is 9.59 Å². The Kier molecular flexibility index (Phi) is 5.08. The van der Waals surface area contributed by atoms with Crippen molar-refractivity contribution in [3.05, 3.63) is 24.3 Å². The molecule has 0 saturated carbocycles. The SMILES string of the molecule is CCn1c2ccccc2c2nnc(S[C@H](C(=O)NC(N)=O)C(C)C)nc21. The predicted molar refractivity (Wildman–Crippen MR) is 101 cm³/mol. The van der Waals surface area contributed by atoms with Crippen molar-refractivity contribution in [2.45, 2.75) is 37.7 Å². The Balaban J connectivity index is 2.01. The number of aryl methyl sites for hydroxylation is 1. The lowest BCUT2D eigenvalue weighted by atomic mass is 10.1. The van der Waals surface area contributed by atoms with Gasteiger partial charge in [0.1, 0.15) is 5.52 Å². The fraction of sp³-hybridized carbons (Fsp3) is 0.353. The van der Waals surface area contributed by atoms with Gasteiger partial charge >= 0.3 is 6.03 Å². The summed E-state index contributed by atoms with van der Waals surface area (Å²) in [6.07, 6.45) is 0. The number of carbonyl (C=O) groups excluding carboxylic acids is 2. The molecule has 0 aliphatic carbocycles. The van der Waals surface area contributed by atoms with E-state index in [1.807, 2.05) is 45.0 Å². The molecule has 136 valence electrons. The molecule has 0 radical (unpaired) electrons. The van der Waals surface area contributed by atoms with Gasteiger partial charge in [0.25, 0.3) is 0 Å². The maximum atomic E-state index is 12.2. The third-order valence-corrected chi connectivity index (χ3v) is 5.41. The van der Waals surface area contributed by atoms with Gasteiger partial charge in [-0.25, -0.2) is 9.78 Å². The van der Waals surface area contributed by atoms with Crippen LogP contribution >= 0.6 is 11.8 Å². The van der Waals surface area contributed by atoms with Gasteiger partial charge in [-0.05, 0) is 18.9 Å². The number of hydrogen-bond acceptors (Lipinski definition) is 6. The van der Waals surface area contributed by atoms with Gasteiger partial charge < -0.3 is 10.3 Å². The molecule has 26 heavy (non-hydrogen) atoms. The van der Waals surface area contributed by atoms with Crippen molar-refractivity contribution in [1.82, 2.24) is 25.1 Å². The van der Waals surface area contributed by atoms with Gasteiger partial charge in [0, 0.05) is 11.9 Å². The number of benzene rings is 1. The molecule has 8 nitrogen and oxygen atoms in total. The zero-order valence-electron chi connectivity index (χ0n) is 14.8. The quantitative estimate of drug-likeness (QED) is 0.664. The van der Waals surface area contributed by atoms with Gasteiger partial charge in [0.05, 0.1) is 10.8 Å². The summed E-state index contributed by atoms with van der Waals surface area (Å²) in [5.41, 5.74) is 7.55. The second-order valence-corrected chi connectivity index (χ2v) is 7.27. The number of nitrogens with zero attached hydrogens (tertiary/aromatic N) is 4. The third-order valence-electron chi connectivity index (χ3n) is 4.01. The third kappa shape index (κ3) is 3.34. The van der Waals surface area contributed by atoms with E-state index in [0.717, 1.165) is 28.6 Å². The first-order valence-corrected chi connectivity index (χ1v) is 9.19. The molecule has 0 aliphatic rings. The van der Waals surface area contributed by atoms with Crippen molar-refractivity contribution in [3.8, 4) is 0 Å². The molecule has 9 heteroatoms. The number of para-hydroxylation sites is 1. The summed E-state index contributed by atoms with van der Waals surface area (Å²) in [6, 6.07) is 7.06. The van der Waals surface area contributed by atoms with E-state index in [-0.39, 0.29) is 5.92 Å². The Hall–Kier alpha value is -2.68. The lowest BCUT2D eigenvalue weighted by molar-refractivity contribution is -0.120. The van der Waals surface area contributed by atoms with Crippen molar-refractivity contribution < 1.29 is 9.59 Å². The van der Waals surface area contributed by atoms with Gasteiger partial charge in [0.2, 0.25) is 11.1 Å². The number of nitrogens with one attached hydrogen (secondary N) is 1. The highest BCUT2D eigenvalue weighted by Crippen LogP contribution is 2.29. The highest BCUT2D eigenvalue weighted by molar-refractivity contribution is 8.00. The van der Waals surface area contributed by atoms with E-state index in [1.54, 1.807) is 0 Å². The fourth-order valence-electron chi connectivity index (χ4n) is 2.86. The smallest absolute Gasteiger partial charge is 0.318 e. The van der Waals surface area contributed by atoms with Gasteiger partial charge in [-0.3, -0.25) is 10.1 Å². The van der Waals surface area contributed by atoms with E-state index in [1.165, 1.54) is 11.8 Å². The minimum absolute atomic E-state index is 0.0457. The molecule has 1 aromatic carbocycles. The molecular formula is C17H20N6O2S. The first-order valence-electron chi connectivity index (χ1n) is 8.31. The van der Waals surface area contributed by atoms with Gasteiger partial charge in [-0.15, -0.1) is 10.2 Å². The zero-order chi connectivity index (χ0) is 18.8. The van der Waals surface area contributed by atoms with Crippen molar-refractivity contribution in [2.75, 3.05) is 0 Å². The fourth-order valence-corrected chi connectivity index (χ4v) is 3.75. The summed E-state index contributed by atoms with van der Waals surface area (Å²) in [4.78, 5) is 27.8. The molecule has 3 rings (SSSR count). The highest BCUT2D eigenvalue weighted by atomic mass is 32.2. The average Bonchev–Trinajstić information content (AvgIpc) is 2.91. The standard InChI is InChI=1S/C17H20N6O2S/c1-4-23-11-8-6-5-7-10(11)12-14(23)19-17(22-21-12)26-13(9(2)3)15(24)20-16(18)25/h5-9,13H,4H2,1-3H3,(H3,18,20,24,25)/t13-/m0/s1. The number of hydrogen-bond donors (Lipinski definition) is 2. The van der Waals surface area contributed by atoms with Gasteiger partial charge in [0.15, 0.2) is 5.65 Å². The number of nitrogens with two attached hydrogens (primary N) is 1. The predicted octanol–water partition coefficient (Wildman–Crippen LogP) is 2.31. The Bertz CT molecular complexity index is 984. The van der Waals surface area contributed by atoms with E-state index >= 15 is 0 Å². The molecule has 3 aromatic rings. The van der Waals surface area contributed by atoms with Gasteiger partial charge in [-0.2, -0.15) is 0 Å². The number of aromatic nitrogens is 4. The first-order chi connectivity index (χ1) is 12.4. The Labute approximate surface area is 154 Å². The molecule has 3 amide bonds. The molecule has 0 fully saturated rings. The van der Waals surface area contributed by atoms with Crippen molar-refractivity contribution in [3.63, 3.8) is 0 Å². The topological polar surface area (TPSA) is 116 Å². The second-order valence-electron chi connectivity index (χ2n) is 6.16. The minimum Gasteiger partial charge on any atom is -0.351 e.